The largest absolute Gasteiger partial charge is 0.497 e. The minimum Gasteiger partial charge on any atom is -0.497 e. The maximum atomic E-state index is 5.25. The van der Waals surface area contributed by atoms with E-state index in [1.165, 1.54) is 19.6 Å². The number of ether oxygens (including phenoxy) is 1. The van der Waals surface area contributed by atoms with Crippen LogP contribution in [-0.4, -0.2) is 43.3 Å². The van der Waals surface area contributed by atoms with Crippen molar-refractivity contribution >= 4 is 16.7 Å². The van der Waals surface area contributed by atoms with Crippen molar-refractivity contribution in [3.05, 3.63) is 48.5 Å². The molecule has 2 N–H and O–H groups in total. The molecule has 3 rings (SSSR count). The molecule has 0 bridgehead atoms. The number of methoxy groups -OCH3 is 1. The van der Waals surface area contributed by atoms with Crippen molar-refractivity contribution in [2.75, 3.05) is 38.6 Å². The van der Waals surface area contributed by atoms with Gasteiger partial charge < -0.3 is 15.0 Å². The number of benzene rings is 2. The third-order valence-electron chi connectivity index (χ3n) is 4.95. The topological polar surface area (TPSA) is 51.5 Å². The second-order valence-electron chi connectivity index (χ2n) is 6.63. The van der Waals surface area contributed by atoms with Crippen molar-refractivity contribution in [1.82, 2.24) is 9.97 Å². The maximum Gasteiger partial charge on any atom is 0.162 e. The first-order valence-electron chi connectivity index (χ1n) is 9.73. The third-order valence-corrected chi connectivity index (χ3v) is 4.95. The number of hydrogen-bond donors (Lipinski definition) is 2. The van der Waals surface area contributed by atoms with E-state index in [1.54, 1.807) is 12.0 Å². The molecule has 0 saturated heterocycles. The monoisotopic (exact) mass is 365 g/mol. The normalized spacial score (nSPS) is 11.1. The summed E-state index contributed by atoms with van der Waals surface area (Å²) in [5, 5.41) is 4.59. The number of quaternary nitrogens is 1. The van der Waals surface area contributed by atoms with Gasteiger partial charge in [0.05, 0.1) is 32.3 Å². The average molecular weight is 366 g/mol. The highest BCUT2D eigenvalue weighted by molar-refractivity contribution is 5.90. The van der Waals surface area contributed by atoms with Gasteiger partial charge >= 0.3 is 0 Å². The van der Waals surface area contributed by atoms with E-state index in [9.17, 15) is 0 Å². The standard InChI is InChI=1S/C22H28N4O/c1-4-26(5-2)16-8-15-23-22-19-9-6-7-10-20(19)24-21(25-22)17-11-13-18(27-3)14-12-17/h6-7,9-14H,4-5,8,15-16H2,1-3H3,(H,23,24,25)/p+1. The van der Waals surface area contributed by atoms with Gasteiger partial charge in [-0.3, -0.25) is 0 Å². The molecule has 5 heteroatoms. The zero-order chi connectivity index (χ0) is 19.1. The van der Waals surface area contributed by atoms with Crippen LogP contribution >= 0.6 is 0 Å². The first kappa shape index (κ1) is 19.1. The van der Waals surface area contributed by atoms with E-state index in [0.717, 1.165) is 46.8 Å². The van der Waals surface area contributed by atoms with Crippen LogP contribution in [0.5, 0.6) is 5.75 Å². The van der Waals surface area contributed by atoms with Gasteiger partial charge in [-0.2, -0.15) is 0 Å². The van der Waals surface area contributed by atoms with Crippen LogP contribution in [0.25, 0.3) is 22.3 Å². The van der Waals surface area contributed by atoms with E-state index in [-0.39, 0.29) is 0 Å². The Labute approximate surface area is 161 Å². The summed E-state index contributed by atoms with van der Waals surface area (Å²) in [6.45, 7) is 8.92. The molecule has 0 aliphatic heterocycles. The SMILES string of the molecule is CC[NH+](CC)CCCNc1nc(-c2ccc(OC)cc2)nc2ccccc12. The van der Waals surface area contributed by atoms with Gasteiger partial charge in [-0.25, -0.2) is 9.97 Å². The van der Waals surface area contributed by atoms with Crippen molar-refractivity contribution in [3.63, 3.8) is 0 Å². The molecule has 0 aliphatic rings. The molecule has 5 nitrogen and oxygen atoms in total. The van der Waals surface area contributed by atoms with E-state index in [0.29, 0.717) is 0 Å². The smallest absolute Gasteiger partial charge is 0.162 e. The first-order valence-corrected chi connectivity index (χ1v) is 9.73. The lowest BCUT2D eigenvalue weighted by molar-refractivity contribution is -0.896. The van der Waals surface area contributed by atoms with Crippen LogP contribution in [0.4, 0.5) is 5.82 Å². The van der Waals surface area contributed by atoms with Crippen LogP contribution in [0.15, 0.2) is 48.5 Å². The second kappa shape index (κ2) is 9.33. The minimum absolute atomic E-state index is 0.730. The number of nitrogens with zero attached hydrogens (tertiary/aromatic N) is 2. The van der Waals surface area contributed by atoms with Crippen molar-refractivity contribution in [2.45, 2.75) is 20.3 Å². The molecular weight excluding hydrogens is 336 g/mol. The van der Waals surface area contributed by atoms with Crippen LogP contribution < -0.4 is 15.0 Å². The summed E-state index contributed by atoms with van der Waals surface area (Å²) in [4.78, 5) is 11.2. The molecule has 0 radical (unpaired) electrons. The maximum absolute atomic E-state index is 5.25. The molecule has 0 unspecified atom stereocenters. The van der Waals surface area contributed by atoms with E-state index in [4.69, 9.17) is 14.7 Å². The van der Waals surface area contributed by atoms with Crippen LogP contribution in [-0.2, 0) is 0 Å². The quantitative estimate of drug-likeness (QED) is 0.572. The van der Waals surface area contributed by atoms with E-state index >= 15 is 0 Å². The average Bonchev–Trinajstić information content (AvgIpc) is 2.73. The molecule has 0 spiro atoms. The van der Waals surface area contributed by atoms with Gasteiger partial charge in [0.25, 0.3) is 0 Å². The Morgan fingerprint density at radius 2 is 1.70 bits per heavy atom. The zero-order valence-corrected chi connectivity index (χ0v) is 16.5. The van der Waals surface area contributed by atoms with Gasteiger partial charge in [0, 0.05) is 23.9 Å². The summed E-state index contributed by atoms with van der Waals surface area (Å²) in [7, 11) is 1.67. The molecule has 0 amide bonds. The molecule has 0 atom stereocenters. The lowest BCUT2D eigenvalue weighted by Gasteiger charge is -2.16. The molecule has 142 valence electrons. The number of aromatic nitrogens is 2. The van der Waals surface area contributed by atoms with Gasteiger partial charge in [-0.15, -0.1) is 0 Å². The zero-order valence-electron chi connectivity index (χ0n) is 16.5. The van der Waals surface area contributed by atoms with E-state index in [2.05, 4.69) is 25.2 Å². The summed E-state index contributed by atoms with van der Waals surface area (Å²) in [5.41, 5.74) is 1.94. The molecule has 0 aliphatic carbocycles. The lowest BCUT2D eigenvalue weighted by Crippen LogP contribution is -3.11. The fraction of sp³-hybridized carbons (Fsp3) is 0.364. The summed E-state index contributed by atoms with van der Waals surface area (Å²) in [6, 6.07) is 16.0. The van der Waals surface area contributed by atoms with Gasteiger partial charge in [-0.05, 0) is 50.2 Å². The fourth-order valence-corrected chi connectivity index (χ4v) is 3.23. The predicted octanol–water partition coefficient (Wildman–Crippen LogP) is 3.03. The Kier molecular flexibility index (Phi) is 6.60. The molecule has 1 heterocycles. The molecule has 3 aromatic rings. The molecule has 0 fully saturated rings. The van der Waals surface area contributed by atoms with Crippen LogP contribution in [0.3, 0.4) is 0 Å². The molecule has 2 aromatic carbocycles. The van der Waals surface area contributed by atoms with Crippen LogP contribution in [0.1, 0.15) is 20.3 Å². The van der Waals surface area contributed by atoms with Crippen molar-refractivity contribution in [3.8, 4) is 17.1 Å². The molecule has 27 heavy (non-hydrogen) atoms. The minimum atomic E-state index is 0.730. The first-order chi connectivity index (χ1) is 13.2. The van der Waals surface area contributed by atoms with E-state index < -0.39 is 0 Å². The van der Waals surface area contributed by atoms with Crippen molar-refractivity contribution < 1.29 is 9.64 Å². The Hall–Kier alpha value is -2.66. The number of anilines is 1. The predicted molar refractivity (Wildman–Crippen MR) is 112 cm³/mol. The fourth-order valence-electron chi connectivity index (χ4n) is 3.23. The Bertz CT molecular complexity index is 860. The van der Waals surface area contributed by atoms with E-state index in [1.807, 2.05) is 42.5 Å². The molecular formula is C22H29N4O+. The highest BCUT2D eigenvalue weighted by Gasteiger charge is 2.10. The summed E-state index contributed by atoms with van der Waals surface area (Å²) < 4.78 is 5.25. The molecule has 0 saturated carbocycles. The number of hydrogen-bond acceptors (Lipinski definition) is 4. The van der Waals surface area contributed by atoms with Crippen LogP contribution in [0.2, 0.25) is 0 Å². The molecule has 1 aromatic heterocycles. The number of nitrogens with one attached hydrogen (secondary N) is 2. The van der Waals surface area contributed by atoms with Gasteiger partial charge in [0.2, 0.25) is 0 Å². The Balaban J connectivity index is 1.82. The second-order valence-corrected chi connectivity index (χ2v) is 6.63. The van der Waals surface area contributed by atoms with Gasteiger partial charge in [0.1, 0.15) is 11.6 Å². The van der Waals surface area contributed by atoms with Crippen molar-refractivity contribution in [2.24, 2.45) is 0 Å². The third kappa shape index (κ3) is 4.74. The highest BCUT2D eigenvalue weighted by Crippen LogP contribution is 2.26. The lowest BCUT2D eigenvalue weighted by atomic mass is 10.1. The number of fused-ring (bicyclic) bond motifs is 1. The van der Waals surface area contributed by atoms with Crippen molar-refractivity contribution in [1.29, 1.82) is 0 Å². The highest BCUT2D eigenvalue weighted by atomic mass is 16.5. The Morgan fingerprint density at radius 1 is 0.963 bits per heavy atom. The van der Waals surface area contributed by atoms with Gasteiger partial charge in [0.15, 0.2) is 5.82 Å². The van der Waals surface area contributed by atoms with Crippen LogP contribution in [0, 0.1) is 0 Å². The summed E-state index contributed by atoms with van der Waals surface area (Å²) >= 11 is 0. The summed E-state index contributed by atoms with van der Waals surface area (Å²) in [5.74, 6) is 2.46. The van der Waals surface area contributed by atoms with Gasteiger partial charge in [-0.1, -0.05) is 12.1 Å². The number of para-hydroxylation sites is 1. The summed E-state index contributed by atoms with van der Waals surface area (Å²) in [6.07, 6.45) is 1.12. The number of rotatable bonds is 9. The Morgan fingerprint density at radius 3 is 2.41 bits per heavy atom.